The standard InChI is InChI=1S/C23H28ClN5O2/c1-14-11-15(2)21(31-3)16(12-14)23(30)29-19(9-6-10-26-20(25)13-24)22-27-17-7-4-5-8-18(17)28-22/h4-5,7-8,11-12,19H,6,9-10,13H2,1-3H3,(H2,25,26)(H,27,28)(H,29,30). The summed E-state index contributed by atoms with van der Waals surface area (Å²) >= 11 is 5.69. The first-order chi connectivity index (χ1) is 14.9. The molecular weight excluding hydrogens is 414 g/mol. The molecule has 0 radical (unpaired) electrons. The average Bonchev–Trinajstić information content (AvgIpc) is 3.19. The number of methoxy groups -OCH3 is 1. The minimum absolute atomic E-state index is 0.205. The maximum atomic E-state index is 13.2. The van der Waals surface area contributed by atoms with Crippen LogP contribution in [0.25, 0.3) is 11.0 Å². The second-order valence-corrected chi connectivity index (χ2v) is 7.74. The van der Waals surface area contributed by atoms with E-state index in [1.807, 2.05) is 50.2 Å². The van der Waals surface area contributed by atoms with Gasteiger partial charge < -0.3 is 20.8 Å². The van der Waals surface area contributed by atoms with Crippen LogP contribution >= 0.6 is 11.6 Å². The molecular formula is C23H28ClN5O2. The summed E-state index contributed by atoms with van der Waals surface area (Å²) in [4.78, 5) is 25.5. The van der Waals surface area contributed by atoms with Gasteiger partial charge in [0, 0.05) is 6.54 Å². The smallest absolute Gasteiger partial charge is 0.255 e. The number of amides is 1. The molecule has 1 unspecified atom stereocenters. The van der Waals surface area contributed by atoms with E-state index in [-0.39, 0.29) is 17.8 Å². The first-order valence-corrected chi connectivity index (χ1v) is 10.7. The third-order valence-corrected chi connectivity index (χ3v) is 5.29. The van der Waals surface area contributed by atoms with Gasteiger partial charge in [0.1, 0.15) is 17.4 Å². The van der Waals surface area contributed by atoms with Crippen molar-refractivity contribution in [1.29, 1.82) is 0 Å². The van der Waals surface area contributed by atoms with Crippen LogP contribution < -0.4 is 15.8 Å². The van der Waals surface area contributed by atoms with Crippen LogP contribution in [-0.4, -0.2) is 41.2 Å². The number of aromatic amines is 1. The number of alkyl halides is 1. The number of aromatic nitrogens is 2. The van der Waals surface area contributed by atoms with Gasteiger partial charge >= 0.3 is 0 Å². The minimum atomic E-state index is -0.321. The number of carbonyl (C=O) groups is 1. The molecule has 0 spiro atoms. The number of rotatable bonds is 9. The highest BCUT2D eigenvalue weighted by Gasteiger charge is 2.22. The lowest BCUT2D eigenvalue weighted by Gasteiger charge is -2.18. The summed E-state index contributed by atoms with van der Waals surface area (Å²) in [6.07, 6.45) is 1.35. The molecule has 7 nitrogen and oxygen atoms in total. The molecule has 31 heavy (non-hydrogen) atoms. The Morgan fingerprint density at radius 3 is 2.81 bits per heavy atom. The summed E-state index contributed by atoms with van der Waals surface area (Å²) in [5.41, 5.74) is 9.87. The molecule has 3 aromatic rings. The third-order valence-electron chi connectivity index (χ3n) is 5.01. The largest absolute Gasteiger partial charge is 0.496 e. The Balaban J connectivity index is 1.86. The number of nitrogens with zero attached hydrogens (tertiary/aromatic N) is 2. The molecule has 1 atom stereocenters. The molecule has 0 aliphatic heterocycles. The van der Waals surface area contributed by atoms with Crippen LogP contribution in [0.5, 0.6) is 5.75 Å². The molecule has 0 aliphatic carbocycles. The van der Waals surface area contributed by atoms with Crippen molar-refractivity contribution in [2.45, 2.75) is 32.7 Å². The second-order valence-electron chi connectivity index (χ2n) is 7.48. The number of halogens is 1. The lowest BCUT2D eigenvalue weighted by molar-refractivity contribution is 0.0929. The van der Waals surface area contributed by atoms with Crippen LogP contribution in [0.4, 0.5) is 0 Å². The Hall–Kier alpha value is -3.06. The van der Waals surface area contributed by atoms with E-state index in [4.69, 9.17) is 22.1 Å². The number of hydrogen-bond donors (Lipinski definition) is 3. The van der Waals surface area contributed by atoms with Crippen molar-refractivity contribution >= 4 is 34.4 Å². The molecule has 8 heteroatoms. The Kier molecular flexibility index (Phi) is 7.52. The van der Waals surface area contributed by atoms with Crippen molar-refractivity contribution < 1.29 is 9.53 Å². The molecule has 0 bridgehead atoms. The van der Waals surface area contributed by atoms with Gasteiger partial charge in [0.2, 0.25) is 0 Å². The number of fused-ring (bicyclic) bond motifs is 1. The third kappa shape index (κ3) is 5.55. The summed E-state index contributed by atoms with van der Waals surface area (Å²) in [5, 5.41) is 3.12. The van der Waals surface area contributed by atoms with Gasteiger partial charge in [-0.15, -0.1) is 11.6 Å². The number of benzene rings is 2. The number of aliphatic imine (C=N–C) groups is 1. The summed E-state index contributed by atoms with van der Waals surface area (Å²) < 4.78 is 5.50. The van der Waals surface area contributed by atoms with E-state index in [0.717, 1.165) is 22.2 Å². The number of nitrogens with two attached hydrogens (primary N) is 1. The summed E-state index contributed by atoms with van der Waals surface area (Å²) in [6.45, 7) is 4.41. The Bertz CT molecular complexity index is 1060. The van der Waals surface area contributed by atoms with E-state index in [9.17, 15) is 4.79 Å². The summed E-state index contributed by atoms with van der Waals surface area (Å²) in [5.74, 6) is 1.68. The topological polar surface area (TPSA) is 105 Å². The Morgan fingerprint density at radius 1 is 1.32 bits per heavy atom. The zero-order chi connectivity index (χ0) is 22.4. The molecule has 1 heterocycles. The van der Waals surface area contributed by atoms with Crippen LogP contribution in [0, 0.1) is 13.8 Å². The van der Waals surface area contributed by atoms with E-state index in [1.54, 1.807) is 7.11 Å². The normalized spacial score (nSPS) is 12.7. The van der Waals surface area contributed by atoms with E-state index >= 15 is 0 Å². The maximum absolute atomic E-state index is 13.2. The van der Waals surface area contributed by atoms with Crippen molar-refractivity contribution in [3.63, 3.8) is 0 Å². The first kappa shape index (κ1) is 22.6. The molecule has 3 rings (SSSR count). The lowest BCUT2D eigenvalue weighted by atomic mass is 10.0. The van der Waals surface area contributed by atoms with Gasteiger partial charge in [-0.3, -0.25) is 9.79 Å². The number of nitrogens with one attached hydrogen (secondary N) is 2. The minimum Gasteiger partial charge on any atom is -0.496 e. The van der Waals surface area contributed by atoms with Gasteiger partial charge in [0.15, 0.2) is 0 Å². The Labute approximate surface area is 187 Å². The fourth-order valence-electron chi connectivity index (χ4n) is 3.61. The zero-order valence-electron chi connectivity index (χ0n) is 18.0. The average molecular weight is 442 g/mol. The van der Waals surface area contributed by atoms with Crippen molar-refractivity contribution in [2.24, 2.45) is 10.7 Å². The highest BCUT2D eigenvalue weighted by atomic mass is 35.5. The number of amidine groups is 1. The van der Waals surface area contributed by atoms with E-state index in [0.29, 0.717) is 42.4 Å². The van der Waals surface area contributed by atoms with Crippen molar-refractivity contribution in [1.82, 2.24) is 15.3 Å². The van der Waals surface area contributed by atoms with Crippen LogP contribution in [-0.2, 0) is 0 Å². The molecule has 4 N–H and O–H groups in total. The lowest BCUT2D eigenvalue weighted by Crippen LogP contribution is -2.30. The molecule has 1 amide bonds. The molecule has 164 valence electrons. The van der Waals surface area contributed by atoms with E-state index in [2.05, 4.69) is 20.3 Å². The van der Waals surface area contributed by atoms with E-state index in [1.165, 1.54) is 0 Å². The highest BCUT2D eigenvalue weighted by molar-refractivity contribution is 6.27. The molecule has 0 saturated carbocycles. The predicted molar refractivity (Wildman–Crippen MR) is 125 cm³/mol. The molecule has 0 fully saturated rings. The number of imidazole rings is 1. The van der Waals surface area contributed by atoms with Crippen LogP contribution in [0.3, 0.4) is 0 Å². The number of ether oxygens (including phenoxy) is 1. The SMILES string of the molecule is COc1c(C)cc(C)cc1C(=O)NC(CCCN=C(N)CCl)c1nc2ccccc2[nH]1. The first-order valence-electron chi connectivity index (χ1n) is 10.2. The highest BCUT2D eigenvalue weighted by Crippen LogP contribution is 2.27. The van der Waals surface area contributed by atoms with Crippen LogP contribution in [0.1, 0.15) is 46.2 Å². The zero-order valence-corrected chi connectivity index (χ0v) is 18.8. The van der Waals surface area contributed by atoms with Crippen LogP contribution in [0.2, 0.25) is 0 Å². The predicted octanol–water partition coefficient (Wildman–Crippen LogP) is 4.04. The van der Waals surface area contributed by atoms with E-state index < -0.39 is 0 Å². The van der Waals surface area contributed by atoms with Gasteiger partial charge in [-0.05, 0) is 56.0 Å². The number of hydrogen-bond acceptors (Lipinski definition) is 4. The fraction of sp³-hybridized carbons (Fsp3) is 0.348. The molecule has 0 saturated heterocycles. The fourth-order valence-corrected chi connectivity index (χ4v) is 3.69. The molecule has 1 aromatic heterocycles. The molecule has 0 aliphatic rings. The Morgan fingerprint density at radius 2 is 2.10 bits per heavy atom. The van der Waals surface area contributed by atoms with Gasteiger partial charge in [-0.2, -0.15) is 0 Å². The number of aryl methyl sites for hydroxylation is 2. The number of carbonyl (C=O) groups excluding carboxylic acids is 1. The summed E-state index contributed by atoms with van der Waals surface area (Å²) in [7, 11) is 1.57. The van der Waals surface area contributed by atoms with Crippen molar-refractivity contribution in [3.05, 3.63) is 58.9 Å². The quantitative estimate of drug-likeness (QED) is 0.202. The van der Waals surface area contributed by atoms with Crippen molar-refractivity contribution in [3.8, 4) is 5.75 Å². The van der Waals surface area contributed by atoms with Crippen LogP contribution in [0.15, 0.2) is 41.4 Å². The number of H-pyrrole nitrogens is 1. The second kappa shape index (κ2) is 10.3. The van der Waals surface area contributed by atoms with Gasteiger partial charge in [0.05, 0.1) is 35.6 Å². The summed E-state index contributed by atoms with van der Waals surface area (Å²) in [6, 6.07) is 11.3. The monoisotopic (exact) mass is 441 g/mol. The number of para-hydroxylation sites is 2. The molecule has 2 aromatic carbocycles. The van der Waals surface area contributed by atoms with Gasteiger partial charge in [-0.1, -0.05) is 18.2 Å². The van der Waals surface area contributed by atoms with Crippen molar-refractivity contribution in [2.75, 3.05) is 19.5 Å². The van der Waals surface area contributed by atoms with Gasteiger partial charge in [0.25, 0.3) is 5.91 Å². The van der Waals surface area contributed by atoms with Gasteiger partial charge in [-0.25, -0.2) is 4.98 Å². The maximum Gasteiger partial charge on any atom is 0.255 e.